The highest BCUT2D eigenvalue weighted by Gasteiger charge is 2.25. The Kier molecular flexibility index (Phi) is 5.86. The molecular formula is C45H27N5O. The zero-order valence-corrected chi connectivity index (χ0v) is 27.2. The second-order valence-electron chi connectivity index (χ2n) is 12.8. The molecule has 0 aliphatic carbocycles. The Morgan fingerprint density at radius 2 is 0.961 bits per heavy atom. The van der Waals surface area contributed by atoms with Gasteiger partial charge in [0.1, 0.15) is 11.2 Å². The first kappa shape index (κ1) is 27.9. The molecule has 238 valence electrons. The number of benzene rings is 7. The fourth-order valence-corrected chi connectivity index (χ4v) is 7.78. The van der Waals surface area contributed by atoms with Crippen molar-refractivity contribution in [1.29, 1.82) is 0 Å². The predicted octanol–water partition coefficient (Wildman–Crippen LogP) is 11.3. The van der Waals surface area contributed by atoms with Crippen molar-refractivity contribution in [3.8, 4) is 34.4 Å². The smallest absolute Gasteiger partial charge is 0.238 e. The molecule has 4 aromatic heterocycles. The molecule has 0 aliphatic rings. The Hall–Kier alpha value is -7.05. The molecule has 0 bridgehead atoms. The molecule has 0 N–H and O–H groups in total. The summed E-state index contributed by atoms with van der Waals surface area (Å²) in [5.41, 5.74) is 8.83. The lowest BCUT2D eigenvalue weighted by Gasteiger charge is -2.11. The van der Waals surface area contributed by atoms with E-state index in [1.54, 1.807) is 0 Å². The van der Waals surface area contributed by atoms with Crippen molar-refractivity contribution < 1.29 is 4.42 Å². The van der Waals surface area contributed by atoms with E-state index in [0.29, 0.717) is 17.6 Å². The van der Waals surface area contributed by atoms with Crippen molar-refractivity contribution >= 4 is 65.6 Å². The summed E-state index contributed by atoms with van der Waals surface area (Å²) >= 11 is 0. The van der Waals surface area contributed by atoms with Gasteiger partial charge in [0.05, 0.1) is 27.5 Å². The maximum Gasteiger partial charge on any atom is 0.238 e. The summed E-state index contributed by atoms with van der Waals surface area (Å²) in [4.78, 5) is 15.5. The Balaban J connectivity index is 1.36. The average Bonchev–Trinajstić information content (AvgIpc) is 3.86. The van der Waals surface area contributed by atoms with Gasteiger partial charge in [-0.15, -0.1) is 0 Å². The molecule has 0 amide bonds. The molecule has 6 heteroatoms. The Morgan fingerprint density at radius 1 is 0.392 bits per heavy atom. The monoisotopic (exact) mass is 653 g/mol. The van der Waals surface area contributed by atoms with Crippen molar-refractivity contribution in [3.05, 3.63) is 164 Å². The van der Waals surface area contributed by atoms with Crippen LogP contribution in [0.4, 0.5) is 0 Å². The number of fused-ring (bicyclic) bond motifs is 11. The summed E-state index contributed by atoms with van der Waals surface area (Å²) in [6.07, 6.45) is 0. The summed E-state index contributed by atoms with van der Waals surface area (Å²) in [7, 11) is 0. The first-order valence-electron chi connectivity index (χ1n) is 17.0. The molecule has 0 saturated heterocycles. The van der Waals surface area contributed by atoms with Crippen LogP contribution in [0.5, 0.6) is 0 Å². The fourth-order valence-electron chi connectivity index (χ4n) is 7.78. The van der Waals surface area contributed by atoms with Gasteiger partial charge in [-0.25, -0.2) is 4.98 Å². The van der Waals surface area contributed by atoms with Gasteiger partial charge in [-0.3, -0.25) is 4.57 Å². The van der Waals surface area contributed by atoms with Gasteiger partial charge in [-0.1, -0.05) is 121 Å². The number of furan rings is 1. The molecule has 0 spiro atoms. The van der Waals surface area contributed by atoms with Crippen molar-refractivity contribution in [3.63, 3.8) is 0 Å². The molecule has 0 saturated carbocycles. The van der Waals surface area contributed by atoms with Crippen LogP contribution in [-0.4, -0.2) is 24.1 Å². The Morgan fingerprint density at radius 3 is 1.67 bits per heavy atom. The molecule has 51 heavy (non-hydrogen) atoms. The Labute approximate surface area is 291 Å². The second-order valence-corrected chi connectivity index (χ2v) is 12.8. The summed E-state index contributed by atoms with van der Waals surface area (Å²) in [5.74, 6) is 1.78. The van der Waals surface area contributed by atoms with Gasteiger partial charge >= 0.3 is 0 Å². The van der Waals surface area contributed by atoms with Crippen LogP contribution in [0.15, 0.2) is 168 Å². The summed E-state index contributed by atoms with van der Waals surface area (Å²) in [5, 5.41) is 6.55. The minimum Gasteiger partial charge on any atom is -0.455 e. The highest BCUT2D eigenvalue weighted by atomic mass is 16.3. The zero-order valence-electron chi connectivity index (χ0n) is 27.2. The van der Waals surface area contributed by atoms with E-state index in [1.807, 2.05) is 72.8 Å². The van der Waals surface area contributed by atoms with Gasteiger partial charge < -0.3 is 8.98 Å². The Bertz CT molecular complexity index is 3060. The highest BCUT2D eigenvalue weighted by molar-refractivity contribution is 6.31. The SMILES string of the molecule is c1ccc(-c2nc(-c3ccccc3)nc(-n3c4ccccc4c4ccc5c(c6c7oc8ccccc8c7ccc6n5-c5ccccc5)c43)n2)cc1. The minimum atomic E-state index is 0.554. The lowest BCUT2D eigenvalue weighted by atomic mass is 10.1. The highest BCUT2D eigenvalue weighted by Crippen LogP contribution is 2.45. The van der Waals surface area contributed by atoms with E-state index in [0.717, 1.165) is 82.4 Å². The van der Waals surface area contributed by atoms with Crippen LogP contribution in [0.2, 0.25) is 0 Å². The third-order valence-corrected chi connectivity index (χ3v) is 9.97. The van der Waals surface area contributed by atoms with E-state index < -0.39 is 0 Å². The number of aromatic nitrogens is 5. The molecule has 11 rings (SSSR count). The predicted molar refractivity (Wildman–Crippen MR) is 207 cm³/mol. The lowest BCUT2D eigenvalue weighted by Crippen LogP contribution is -2.06. The van der Waals surface area contributed by atoms with Crippen LogP contribution >= 0.6 is 0 Å². The maximum atomic E-state index is 6.78. The number of rotatable bonds is 4. The quantitative estimate of drug-likeness (QED) is 0.190. The first-order chi connectivity index (χ1) is 25.3. The maximum absolute atomic E-state index is 6.78. The zero-order chi connectivity index (χ0) is 33.5. The van der Waals surface area contributed by atoms with Crippen LogP contribution in [-0.2, 0) is 0 Å². The number of hydrogen-bond donors (Lipinski definition) is 0. The van der Waals surface area contributed by atoms with E-state index >= 15 is 0 Å². The molecule has 0 radical (unpaired) electrons. The van der Waals surface area contributed by atoms with Crippen molar-refractivity contribution in [2.24, 2.45) is 0 Å². The average molecular weight is 654 g/mol. The molecule has 11 aromatic rings. The molecule has 0 fully saturated rings. The molecular weight excluding hydrogens is 627 g/mol. The third-order valence-electron chi connectivity index (χ3n) is 9.97. The van der Waals surface area contributed by atoms with E-state index in [1.165, 1.54) is 0 Å². The van der Waals surface area contributed by atoms with E-state index in [-0.39, 0.29) is 0 Å². The van der Waals surface area contributed by atoms with Gasteiger partial charge in [0.15, 0.2) is 11.6 Å². The molecule has 0 atom stereocenters. The van der Waals surface area contributed by atoms with Gasteiger partial charge in [0.25, 0.3) is 0 Å². The molecule has 4 heterocycles. The molecule has 0 unspecified atom stereocenters. The van der Waals surface area contributed by atoms with Crippen LogP contribution in [0.3, 0.4) is 0 Å². The van der Waals surface area contributed by atoms with Crippen LogP contribution in [0.25, 0.3) is 100.0 Å². The summed E-state index contributed by atoms with van der Waals surface area (Å²) in [6, 6.07) is 56.5. The van der Waals surface area contributed by atoms with Gasteiger partial charge in [0.2, 0.25) is 5.95 Å². The first-order valence-corrected chi connectivity index (χ1v) is 17.0. The molecule has 7 aromatic carbocycles. The topological polar surface area (TPSA) is 61.7 Å². The van der Waals surface area contributed by atoms with Gasteiger partial charge in [-0.2, -0.15) is 9.97 Å². The second kappa shape index (κ2) is 10.7. The normalized spacial score (nSPS) is 11.9. The van der Waals surface area contributed by atoms with Crippen LogP contribution in [0, 0.1) is 0 Å². The standard InChI is InChI=1S/C45H27N5O/c1-4-14-28(15-5-1)43-46-44(29-16-6-2-7-17-29)48-45(47-43)50-35-22-12-10-20-31(35)33-24-26-36-39(41(33)50)40-37(49(36)30-18-8-3-9-19-30)27-25-34-32-21-11-13-23-38(32)51-42(34)40/h1-27H. The third kappa shape index (κ3) is 4.07. The van der Waals surface area contributed by atoms with Crippen LogP contribution < -0.4 is 0 Å². The fraction of sp³-hybridized carbons (Fsp3) is 0. The van der Waals surface area contributed by atoms with Crippen molar-refractivity contribution in [1.82, 2.24) is 24.1 Å². The van der Waals surface area contributed by atoms with Gasteiger partial charge in [-0.05, 0) is 42.5 Å². The number of nitrogens with zero attached hydrogens (tertiary/aromatic N) is 5. The van der Waals surface area contributed by atoms with E-state index in [2.05, 4.69) is 100 Å². The van der Waals surface area contributed by atoms with Crippen LogP contribution in [0.1, 0.15) is 0 Å². The molecule has 6 nitrogen and oxygen atoms in total. The molecule has 0 aliphatic heterocycles. The number of hydrogen-bond acceptors (Lipinski definition) is 4. The van der Waals surface area contributed by atoms with Crippen molar-refractivity contribution in [2.75, 3.05) is 0 Å². The summed E-state index contributed by atoms with van der Waals surface area (Å²) < 4.78 is 11.4. The largest absolute Gasteiger partial charge is 0.455 e. The van der Waals surface area contributed by atoms with Crippen molar-refractivity contribution in [2.45, 2.75) is 0 Å². The lowest BCUT2D eigenvalue weighted by molar-refractivity contribution is 0.673. The van der Waals surface area contributed by atoms with Gasteiger partial charge in [0, 0.05) is 43.7 Å². The van der Waals surface area contributed by atoms with E-state index in [9.17, 15) is 0 Å². The van der Waals surface area contributed by atoms with E-state index in [4.69, 9.17) is 19.4 Å². The number of para-hydroxylation sites is 3. The summed E-state index contributed by atoms with van der Waals surface area (Å²) in [6.45, 7) is 0. The minimum absolute atomic E-state index is 0.554.